The number of aromatic nitrogens is 2. The summed E-state index contributed by atoms with van der Waals surface area (Å²) in [6.07, 6.45) is 0. The van der Waals surface area contributed by atoms with Gasteiger partial charge in [0.25, 0.3) is 0 Å². The zero-order valence-corrected chi connectivity index (χ0v) is 14.9. The van der Waals surface area contributed by atoms with Crippen LogP contribution in [0.15, 0.2) is 40.9 Å². The van der Waals surface area contributed by atoms with Crippen LogP contribution >= 0.6 is 15.9 Å². The van der Waals surface area contributed by atoms with Crippen LogP contribution in [0.5, 0.6) is 5.75 Å². The number of benzene rings is 2. The van der Waals surface area contributed by atoms with Gasteiger partial charge >= 0.3 is 138 Å². The first-order valence-electron chi connectivity index (χ1n) is 6.50. The molecule has 3 aromatic rings. The maximum atomic E-state index is 5.27. The van der Waals surface area contributed by atoms with Crippen molar-refractivity contribution in [2.75, 3.05) is 12.4 Å². The summed E-state index contributed by atoms with van der Waals surface area (Å²) in [7, 11) is 1.67. The fourth-order valence-electron chi connectivity index (χ4n) is 2.19. The van der Waals surface area contributed by atoms with E-state index in [4.69, 9.17) is 4.74 Å². The number of fused-ring (bicyclic) bond motifs is 1. The van der Waals surface area contributed by atoms with E-state index in [-0.39, 0.29) is 21.0 Å². The molecule has 1 atom stereocenters. The molecule has 0 aliphatic heterocycles. The molecule has 0 radical (unpaired) electrons. The third-order valence-electron chi connectivity index (χ3n) is 3.33. The SMILES string of the molecule is COc1ccc(C(C)Nc2cccc3n[se]nc23)cc1Br. The van der Waals surface area contributed by atoms with E-state index in [1.54, 1.807) is 7.11 Å². The minimum atomic E-state index is -0.00744. The van der Waals surface area contributed by atoms with Crippen LogP contribution in [0.2, 0.25) is 0 Å². The third kappa shape index (κ3) is 2.98. The number of halogens is 1. The topological polar surface area (TPSA) is 47.0 Å². The van der Waals surface area contributed by atoms with E-state index in [1.807, 2.05) is 24.3 Å². The van der Waals surface area contributed by atoms with Crippen LogP contribution in [0, 0.1) is 0 Å². The number of methoxy groups -OCH3 is 1. The number of anilines is 1. The molecule has 1 heterocycles. The van der Waals surface area contributed by atoms with Crippen LogP contribution in [-0.2, 0) is 0 Å². The Bertz CT molecular complexity index is 774. The molecule has 1 unspecified atom stereocenters. The van der Waals surface area contributed by atoms with Crippen LogP contribution in [0.4, 0.5) is 5.69 Å². The summed E-state index contributed by atoms with van der Waals surface area (Å²) in [5, 5.41) is 3.52. The van der Waals surface area contributed by atoms with E-state index >= 15 is 0 Å². The molecule has 0 saturated heterocycles. The Morgan fingerprint density at radius 1 is 1.24 bits per heavy atom. The minimum absolute atomic E-state index is 0.00744. The van der Waals surface area contributed by atoms with Gasteiger partial charge in [-0.25, -0.2) is 0 Å². The number of rotatable bonds is 4. The van der Waals surface area contributed by atoms with Gasteiger partial charge in [-0.1, -0.05) is 0 Å². The first kappa shape index (κ1) is 14.6. The Morgan fingerprint density at radius 2 is 2.10 bits per heavy atom. The Morgan fingerprint density at radius 3 is 2.86 bits per heavy atom. The zero-order valence-electron chi connectivity index (χ0n) is 11.6. The molecule has 2 aromatic carbocycles. The van der Waals surface area contributed by atoms with Crippen LogP contribution < -0.4 is 10.1 Å². The molecular weight excluding hydrogens is 397 g/mol. The summed E-state index contributed by atoms with van der Waals surface area (Å²) in [5.74, 6) is 0.836. The average molecular weight is 411 g/mol. The Labute approximate surface area is 137 Å². The van der Waals surface area contributed by atoms with Crippen molar-refractivity contribution in [3.63, 3.8) is 0 Å². The van der Waals surface area contributed by atoms with E-state index in [2.05, 4.69) is 48.3 Å². The quantitative estimate of drug-likeness (QED) is 0.667. The molecule has 3 rings (SSSR count). The predicted molar refractivity (Wildman–Crippen MR) is 89.2 cm³/mol. The molecule has 21 heavy (non-hydrogen) atoms. The monoisotopic (exact) mass is 411 g/mol. The zero-order chi connectivity index (χ0) is 14.8. The van der Waals surface area contributed by atoms with Gasteiger partial charge in [0.15, 0.2) is 0 Å². The van der Waals surface area contributed by atoms with Gasteiger partial charge in [0, 0.05) is 0 Å². The molecule has 1 N–H and O–H groups in total. The summed E-state index contributed by atoms with van der Waals surface area (Å²) in [4.78, 5) is 0. The third-order valence-corrected chi connectivity index (χ3v) is 5.09. The fourth-order valence-corrected chi connectivity index (χ4v) is 3.90. The van der Waals surface area contributed by atoms with E-state index in [9.17, 15) is 0 Å². The van der Waals surface area contributed by atoms with Gasteiger partial charge in [0.05, 0.1) is 0 Å². The van der Waals surface area contributed by atoms with Gasteiger partial charge in [-0.15, -0.1) is 0 Å². The van der Waals surface area contributed by atoms with Crippen molar-refractivity contribution >= 4 is 47.6 Å². The van der Waals surface area contributed by atoms with Crippen LogP contribution in [0.3, 0.4) is 0 Å². The fraction of sp³-hybridized carbons (Fsp3) is 0.200. The number of ether oxygens (including phenoxy) is 1. The summed E-state index contributed by atoms with van der Waals surface area (Å²) in [6, 6.07) is 12.3. The summed E-state index contributed by atoms with van der Waals surface area (Å²) >= 11 is 3.52. The molecule has 1 aromatic heterocycles. The van der Waals surface area contributed by atoms with E-state index in [0.717, 1.165) is 26.9 Å². The molecule has 6 heteroatoms. The second kappa shape index (κ2) is 6.18. The first-order valence-corrected chi connectivity index (χ1v) is 8.83. The Balaban J connectivity index is 1.87. The molecule has 0 fully saturated rings. The number of nitrogens with one attached hydrogen (secondary N) is 1. The molecule has 0 aliphatic rings. The van der Waals surface area contributed by atoms with Crippen LogP contribution in [0.25, 0.3) is 11.0 Å². The van der Waals surface area contributed by atoms with Gasteiger partial charge < -0.3 is 0 Å². The van der Waals surface area contributed by atoms with Gasteiger partial charge in [0.2, 0.25) is 0 Å². The van der Waals surface area contributed by atoms with Crippen molar-refractivity contribution < 1.29 is 4.74 Å². The molecule has 0 saturated carbocycles. The Kier molecular flexibility index (Phi) is 4.29. The van der Waals surface area contributed by atoms with Crippen molar-refractivity contribution in [2.45, 2.75) is 13.0 Å². The molecule has 0 aliphatic carbocycles. The molecule has 0 amide bonds. The van der Waals surface area contributed by atoms with Crippen molar-refractivity contribution in [1.82, 2.24) is 7.96 Å². The summed E-state index contributed by atoms with van der Waals surface area (Å²) in [5.41, 5.74) is 4.19. The molecule has 0 spiro atoms. The van der Waals surface area contributed by atoms with Crippen molar-refractivity contribution in [3.8, 4) is 5.75 Å². The van der Waals surface area contributed by atoms with E-state index in [0.29, 0.717) is 0 Å². The van der Waals surface area contributed by atoms with Crippen LogP contribution in [0.1, 0.15) is 18.5 Å². The number of nitrogens with zero attached hydrogens (tertiary/aromatic N) is 2. The average Bonchev–Trinajstić information content (AvgIpc) is 2.96. The number of hydrogen-bond donors (Lipinski definition) is 1. The number of hydrogen-bond acceptors (Lipinski definition) is 4. The molecule has 108 valence electrons. The second-order valence-electron chi connectivity index (χ2n) is 4.70. The predicted octanol–water partition coefficient (Wildman–Crippen LogP) is 3.63. The van der Waals surface area contributed by atoms with Crippen molar-refractivity contribution in [2.24, 2.45) is 0 Å². The Hall–Kier alpha value is -1.36. The first-order chi connectivity index (χ1) is 10.2. The van der Waals surface area contributed by atoms with Crippen molar-refractivity contribution in [3.05, 3.63) is 46.4 Å². The standard InChI is InChI=1S/C15H14BrN3OSe/c1-9(10-6-7-14(20-2)11(16)8-10)17-12-4-3-5-13-15(12)19-21-18-13/h3-9,17H,1-2H3. The molecule has 4 nitrogen and oxygen atoms in total. The summed E-state index contributed by atoms with van der Waals surface area (Å²) in [6.45, 7) is 2.13. The van der Waals surface area contributed by atoms with Gasteiger partial charge in [-0.2, -0.15) is 0 Å². The normalized spacial score (nSPS) is 12.3. The van der Waals surface area contributed by atoms with Crippen LogP contribution in [-0.4, -0.2) is 30.0 Å². The van der Waals surface area contributed by atoms with Gasteiger partial charge in [-0.05, 0) is 0 Å². The van der Waals surface area contributed by atoms with Crippen molar-refractivity contribution in [1.29, 1.82) is 0 Å². The second-order valence-corrected chi connectivity index (χ2v) is 6.66. The summed E-state index contributed by atoms with van der Waals surface area (Å²) < 4.78 is 15.1. The molecular formula is C15H14BrN3OSe. The maximum absolute atomic E-state index is 5.27. The van der Waals surface area contributed by atoms with E-state index < -0.39 is 0 Å². The van der Waals surface area contributed by atoms with E-state index in [1.165, 1.54) is 5.56 Å². The van der Waals surface area contributed by atoms with Gasteiger partial charge in [0.1, 0.15) is 0 Å². The van der Waals surface area contributed by atoms with Gasteiger partial charge in [-0.3, -0.25) is 0 Å². The molecule has 0 bridgehead atoms.